The van der Waals surface area contributed by atoms with Gasteiger partial charge in [-0.2, -0.15) is 0 Å². The number of rotatable bonds is 7. The van der Waals surface area contributed by atoms with Crippen LogP contribution in [-0.2, 0) is 22.8 Å². The highest BCUT2D eigenvalue weighted by Crippen LogP contribution is 2.24. The van der Waals surface area contributed by atoms with E-state index in [0.29, 0.717) is 27.9 Å². The van der Waals surface area contributed by atoms with Crippen LogP contribution < -0.4 is 5.32 Å². The fraction of sp³-hybridized carbons (Fsp3) is 0.172. The summed E-state index contributed by atoms with van der Waals surface area (Å²) in [5, 5.41) is 9.11. The number of hydrogen-bond acceptors (Lipinski definition) is 5. The topological polar surface area (TPSA) is 83.9 Å². The first-order chi connectivity index (χ1) is 18.5. The average molecular weight is 547 g/mol. The normalized spacial score (nSPS) is 16.1. The van der Waals surface area contributed by atoms with E-state index in [2.05, 4.69) is 15.5 Å². The number of fused-ring (bicyclic) bond motifs is 1. The molecule has 1 atom stereocenters. The lowest BCUT2D eigenvalue weighted by atomic mass is 10.1. The smallest absolute Gasteiger partial charge is 0.254 e. The number of likely N-dealkylation sites (tertiary alicyclic amines) is 1. The minimum Gasteiger partial charge on any atom is -0.391 e. The Hall–Kier alpha value is -3.94. The van der Waals surface area contributed by atoms with Crippen molar-refractivity contribution >= 4 is 51.6 Å². The molecule has 192 valence electrons. The molecule has 2 amide bonds. The molecule has 0 saturated carbocycles. The van der Waals surface area contributed by atoms with Crippen LogP contribution in [0, 0.1) is 0 Å². The molecule has 1 aromatic heterocycles. The lowest BCUT2D eigenvalue weighted by molar-refractivity contribution is -0.124. The van der Waals surface area contributed by atoms with E-state index in [9.17, 15) is 9.59 Å². The number of pyridine rings is 1. The maximum Gasteiger partial charge on any atom is 0.254 e. The Balaban J connectivity index is 1.29. The fourth-order valence-electron chi connectivity index (χ4n) is 4.33. The summed E-state index contributed by atoms with van der Waals surface area (Å²) < 4.78 is 0. The molecule has 0 spiro atoms. The van der Waals surface area contributed by atoms with Gasteiger partial charge in [0.2, 0.25) is 5.91 Å². The Morgan fingerprint density at radius 1 is 0.974 bits per heavy atom. The molecule has 2 heterocycles. The van der Waals surface area contributed by atoms with Crippen molar-refractivity contribution in [2.24, 2.45) is 5.16 Å². The number of halogens is 2. The molecular weight excluding hydrogens is 523 g/mol. The Morgan fingerprint density at radius 2 is 1.79 bits per heavy atom. The molecule has 9 heteroatoms. The summed E-state index contributed by atoms with van der Waals surface area (Å²) in [5.41, 5.74) is 3.74. The first-order valence-corrected chi connectivity index (χ1v) is 12.8. The van der Waals surface area contributed by atoms with E-state index in [0.717, 1.165) is 22.0 Å². The maximum absolute atomic E-state index is 13.3. The van der Waals surface area contributed by atoms with E-state index >= 15 is 0 Å². The van der Waals surface area contributed by atoms with Crippen LogP contribution in [0.2, 0.25) is 10.0 Å². The molecular formula is C29H24Cl2N4O3. The van der Waals surface area contributed by atoms with Crippen molar-refractivity contribution in [1.82, 2.24) is 15.2 Å². The Kier molecular flexibility index (Phi) is 7.86. The summed E-state index contributed by atoms with van der Waals surface area (Å²) in [6.07, 6.45) is 2.02. The standard InChI is InChI=1S/C29H24Cl2N4O3/c30-24-10-8-20(14-25(24)31)18-38-34-23-15-27(35(17-23)29(37)21-5-2-1-3-6-21)28(36)33-16-19-9-11-26-22(13-19)7-4-12-32-26/h1-14,27H,15-18H2,(H,33,36)/b34-23+. The number of carbonyl (C=O) groups excluding carboxylic acids is 2. The van der Waals surface area contributed by atoms with E-state index in [1.54, 1.807) is 48.7 Å². The molecule has 1 aliphatic rings. The molecule has 1 unspecified atom stereocenters. The summed E-state index contributed by atoms with van der Waals surface area (Å²) in [6, 6.07) is 23.1. The molecule has 1 N–H and O–H groups in total. The van der Waals surface area contributed by atoms with Gasteiger partial charge in [-0.15, -0.1) is 0 Å². The summed E-state index contributed by atoms with van der Waals surface area (Å²) >= 11 is 12.0. The van der Waals surface area contributed by atoms with Gasteiger partial charge in [0, 0.05) is 30.1 Å². The zero-order valence-corrected chi connectivity index (χ0v) is 21.8. The summed E-state index contributed by atoms with van der Waals surface area (Å²) in [4.78, 5) is 38.0. The van der Waals surface area contributed by atoms with Crippen LogP contribution in [0.15, 0.2) is 90.2 Å². The second-order valence-corrected chi connectivity index (χ2v) is 9.76. The van der Waals surface area contributed by atoms with E-state index < -0.39 is 6.04 Å². The van der Waals surface area contributed by atoms with Gasteiger partial charge in [-0.1, -0.05) is 64.8 Å². The van der Waals surface area contributed by atoms with Gasteiger partial charge >= 0.3 is 0 Å². The fourth-order valence-corrected chi connectivity index (χ4v) is 4.66. The van der Waals surface area contributed by atoms with Crippen LogP contribution in [0.5, 0.6) is 0 Å². The van der Waals surface area contributed by atoms with E-state index in [1.807, 2.05) is 36.4 Å². The van der Waals surface area contributed by atoms with Crippen LogP contribution in [0.4, 0.5) is 0 Å². The molecule has 0 bridgehead atoms. The summed E-state index contributed by atoms with van der Waals surface area (Å²) in [5.74, 6) is -0.493. The highest BCUT2D eigenvalue weighted by molar-refractivity contribution is 6.42. The number of nitrogens with one attached hydrogen (secondary N) is 1. The predicted octanol–water partition coefficient (Wildman–Crippen LogP) is 5.65. The van der Waals surface area contributed by atoms with Crippen molar-refractivity contribution in [1.29, 1.82) is 0 Å². The SMILES string of the molecule is O=C(NCc1ccc2ncccc2c1)C1C/C(=N\OCc2ccc(Cl)c(Cl)c2)CN1C(=O)c1ccccc1. The minimum absolute atomic E-state index is 0.181. The largest absolute Gasteiger partial charge is 0.391 e. The number of benzene rings is 3. The van der Waals surface area contributed by atoms with Crippen molar-refractivity contribution in [2.45, 2.75) is 25.6 Å². The third-order valence-corrected chi connectivity index (χ3v) is 7.02. The molecule has 4 aromatic rings. The zero-order chi connectivity index (χ0) is 26.5. The number of carbonyl (C=O) groups is 2. The number of nitrogens with zero attached hydrogens (tertiary/aromatic N) is 3. The van der Waals surface area contributed by atoms with E-state index in [-0.39, 0.29) is 31.4 Å². The molecule has 38 heavy (non-hydrogen) atoms. The lowest BCUT2D eigenvalue weighted by Gasteiger charge is -2.23. The number of aromatic nitrogens is 1. The highest BCUT2D eigenvalue weighted by atomic mass is 35.5. The van der Waals surface area contributed by atoms with Crippen molar-refractivity contribution < 1.29 is 14.4 Å². The zero-order valence-electron chi connectivity index (χ0n) is 20.3. The van der Waals surface area contributed by atoms with Gasteiger partial charge in [-0.25, -0.2) is 0 Å². The van der Waals surface area contributed by atoms with Gasteiger partial charge in [0.05, 0.1) is 27.8 Å². The molecule has 1 fully saturated rings. The van der Waals surface area contributed by atoms with Gasteiger partial charge in [0.1, 0.15) is 12.6 Å². The van der Waals surface area contributed by atoms with Gasteiger partial charge in [0.25, 0.3) is 5.91 Å². The third kappa shape index (κ3) is 5.96. The minimum atomic E-state index is -0.711. The molecule has 3 aromatic carbocycles. The molecule has 1 saturated heterocycles. The lowest BCUT2D eigenvalue weighted by Crippen LogP contribution is -2.45. The van der Waals surface area contributed by atoms with Crippen molar-refractivity contribution in [3.8, 4) is 0 Å². The first kappa shape index (κ1) is 25.7. The third-order valence-electron chi connectivity index (χ3n) is 6.29. The maximum atomic E-state index is 13.3. The number of amides is 2. The van der Waals surface area contributed by atoms with Crippen molar-refractivity contribution in [3.63, 3.8) is 0 Å². The Bertz CT molecular complexity index is 1510. The van der Waals surface area contributed by atoms with Gasteiger partial charge in [0.15, 0.2) is 0 Å². The van der Waals surface area contributed by atoms with Crippen LogP contribution in [0.1, 0.15) is 27.9 Å². The molecule has 5 rings (SSSR count). The number of hydrogen-bond donors (Lipinski definition) is 1. The molecule has 1 aliphatic heterocycles. The second-order valence-electron chi connectivity index (χ2n) is 8.95. The van der Waals surface area contributed by atoms with Gasteiger partial charge in [-0.3, -0.25) is 14.6 Å². The van der Waals surface area contributed by atoms with E-state index in [1.165, 1.54) is 4.90 Å². The van der Waals surface area contributed by atoms with Gasteiger partial charge in [-0.05, 0) is 53.6 Å². The van der Waals surface area contributed by atoms with E-state index in [4.69, 9.17) is 28.0 Å². The van der Waals surface area contributed by atoms with Crippen LogP contribution in [-0.4, -0.2) is 40.0 Å². The van der Waals surface area contributed by atoms with Crippen molar-refractivity contribution in [3.05, 3.63) is 112 Å². The average Bonchev–Trinajstić information content (AvgIpc) is 3.38. The Labute approximate surface area is 230 Å². The van der Waals surface area contributed by atoms with Crippen LogP contribution in [0.25, 0.3) is 10.9 Å². The second kappa shape index (κ2) is 11.6. The summed E-state index contributed by atoms with van der Waals surface area (Å²) in [6.45, 7) is 0.698. The monoisotopic (exact) mass is 546 g/mol. The highest BCUT2D eigenvalue weighted by Gasteiger charge is 2.38. The summed E-state index contributed by atoms with van der Waals surface area (Å²) in [7, 11) is 0. The molecule has 7 nitrogen and oxygen atoms in total. The van der Waals surface area contributed by atoms with Gasteiger partial charge < -0.3 is 15.1 Å². The predicted molar refractivity (Wildman–Crippen MR) is 148 cm³/mol. The molecule has 0 aliphatic carbocycles. The van der Waals surface area contributed by atoms with Crippen molar-refractivity contribution in [2.75, 3.05) is 6.54 Å². The van der Waals surface area contributed by atoms with Crippen LogP contribution >= 0.6 is 23.2 Å². The quantitative estimate of drug-likeness (QED) is 0.304. The number of oxime groups is 1. The Morgan fingerprint density at radius 3 is 2.61 bits per heavy atom. The molecule has 0 radical (unpaired) electrons. The van der Waals surface area contributed by atoms with Crippen LogP contribution in [0.3, 0.4) is 0 Å². The first-order valence-electron chi connectivity index (χ1n) is 12.1.